The van der Waals surface area contributed by atoms with E-state index < -0.39 is 0 Å². The monoisotopic (exact) mass is 405 g/mol. The molecule has 0 fully saturated rings. The van der Waals surface area contributed by atoms with E-state index in [9.17, 15) is 9.59 Å². The molecule has 2 amide bonds. The Bertz CT molecular complexity index is 856. The van der Waals surface area contributed by atoms with E-state index in [1.54, 1.807) is 24.3 Å². The predicted molar refractivity (Wildman–Crippen MR) is 124 cm³/mol. The smallest absolute Gasteiger partial charge is 0.271 e. The van der Waals surface area contributed by atoms with E-state index in [0.29, 0.717) is 23.4 Å². The van der Waals surface area contributed by atoms with Crippen molar-refractivity contribution in [2.75, 3.05) is 5.32 Å². The van der Waals surface area contributed by atoms with Crippen LogP contribution in [0.1, 0.15) is 68.3 Å². The van der Waals surface area contributed by atoms with Crippen LogP contribution in [0.3, 0.4) is 0 Å². The minimum Gasteiger partial charge on any atom is -0.326 e. The molecule has 0 saturated carbocycles. The molecule has 158 valence electrons. The average Bonchev–Trinajstić information content (AvgIpc) is 2.77. The summed E-state index contributed by atoms with van der Waals surface area (Å²) in [6.07, 6.45) is 9.89. The van der Waals surface area contributed by atoms with Gasteiger partial charge in [-0.05, 0) is 49.2 Å². The van der Waals surface area contributed by atoms with E-state index in [-0.39, 0.29) is 11.8 Å². The summed E-state index contributed by atoms with van der Waals surface area (Å²) in [4.78, 5) is 24.2. The third kappa shape index (κ3) is 8.86. The topological polar surface area (TPSA) is 70.6 Å². The van der Waals surface area contributed by atoms with Gasteiger partial charge in [0.25, 0.3) is 5.91 Å². The van der Waals surface area contributed by atoms with Crippen molar-refractivity contribution in [3.63, 3.8) is 0 Å². The zero-order valence-corrected chi connectivity index (χ0v) is 17.9. The van der Waals surface area contributed by atoms with Gasteiger partial charge in [0.2, 0.25) is 5.91 Å². The quantitative estimate of drug-likeness (QED) is 0.281. The molecule has 0 aromatic heterocycles. The molecule has 0 saturated heterocycles. The summed E-state index contributed by atoms with van der Waals surface area (Å²) < 4.78 is 0. The van der Waals surface area contributed by atoms with Crippen molar-refractivity contribution < 1.29 is 9.59 Å². The highest BCUT2D eigenvalue weighted by Gasteiger charge is 2.06. The molecule has 0 bridgehead atoms. The second-order valence-electron chi connectivity index (χ2n) is 7.23. The predicted octanol–water partition coefficient (Wildman–Crippen LogP) is 5.80. The van der Waals surface area contributed by atoms with Crippen molar-refractivity contribution in [1.29, 1.82) is 0 Å². The molecular formula is C25H31N3O2. The van der Waals surface area contributed by atoms with Crippen molar-refractivity contribution in [1.82, 2.24) is 5.43 Å². The number of rotatable bonds is 11. The fourth-order valence-corrected chi connectivity index (χ4v) is 2.84. The number of allylic oxidation sites excluding steroid dienone is 1. The van der Waals surface area contributed by atoms with Crippen LogP contribution in [0.25, 0.3) is 6.08 Å². The molecule has 0 radical (unpaired) electrons. The molecule has 0 unspecified atom stereocenters. The Hall–Kier alpha value is -3.21. The maximum atomic E-state index is 12.3. The highest BCUT2D eigenvalue weighted by atomic mass is 16.2. The van der Waals surface area contributed by atoms with Crippen LogP contribution in [0.15, 0.2) is 65.8 Å². The Morgan fingerprint density at radius 2 is 1.63 bits per heavy atom. The van der Waals surface area contributed by atoms with Gasteiger partial charge in [0.05, 0.1) is 5.71 Å². The summed E-state index contributed by atoms with van der Waals surface area (Å²) >= 11 is 0. The van der Waals surface area contributed by atoms with Crippen LogP contribution >= 0.6 is 0 Å². The molecule has 0 heterocycles. The molecule has 0 atom stereocenters. The second kappa shape index (κ2) is 13.1. The molecular weight excluding hydrogens is 374 g/mol. The van der Waals surface area contributed by atoms with Crippen LogP contribution < -0.4 is 10.7 Å². The number of nitrogens with zero attached hydrogens (tertiary/aromatic N) is 1. The van der Waals surface area contributed by atoms with Gasteiger partial charge in [-0.2, -0.15) is 5.10 Å². The minimum atomic E-state index is -0.295. The number of hydrogen-bond acceptors (Lipinski definition) is 3. The van der Waals surface area contributed by atoms with Crippen molar-refractivity contribution in [3.8, 4) is 0 Å². The van der Waals surface area contributed by atoms with Crippen molar-refractivity contribution in [2.24, 2.45) is 5.10 Å². The lowest BCUT2D eigenvalue weighted by molar-refractivity contribution is -0.116. The van der Waals surface area contributed by atoms with Crippen molar-refractivity contribution >= 4 is 29.3 Å². The second-order valence-corrected chi connectivity index (χ2v) is 7.23. The van der Waals surface area contributed by atoms with Gasteiger partial charge in [-0.1, -0.05) is 69.0 Å². The number of carbonyl (C=O) groups excluding carboxylic acids is 2. The Balaban J connectivity index is 1.78. The van der Waals surface area contributed by atoms with Crippen molar-refractivity contribution in [2.45, 2.75) is 52.4 Å². The molecule has 2 aromatic carbocycles. The number of anilines is 1. The molecule has 0 aliphatic rings. The number of nitrogens with one attached hydrogen (secondary N) is 2. The highest BCUT2D eigenvalue weighted by Crippen LogP contribution is 2.12. The minimum absolute atomic E-state index is 0.00845. The van der Waals surface area contributed by atoms with Gasteiger partial charge in [0.1, 0.15) is 0 Å². The van der Waals surface area contributed by atoms with Gasteiger partial charge in [-0.3, -0.25) is 9.59 Å². The van der Waals surface area contributed by atoms with E-state index in [4.69, 9.17) is 0 Å². The Kier molecular flexibility index (Phi) is 10.1. The summed E-state index contributed by atoms with van der Waals surface area (Å²) in [5.74, 6) is -0.287. The Morgan fingerprint density at radius 1 is 0.933 bits per heavy atom. The SMILES string of the molecule is CCCCCCCC(=O)Nc1ccc(C(=O)N/N=C(C)\C=C\c2ccccc2)cc1. The van der Waals surface area contributed by atoms with E-state index in [0.717, 1.165) is 18.4 Å². The van der Waals surface area contributed by atoms with Crippen LogP contribution in [0, 0.1) is 0 Å². The van der Waals surface area contributed by atoms with Gasteiger partial charge in [-0.25, -0.2) is 5.43 Å². The first-order chi connectivity index (χ1) is 14.6. The fourth-order valence-electron chi connectivity index (χ4n) is 2.84. The maximum absolute atomic E-state index is 12.3. The summed E-state index contributed by atoms with van der Waals surface area (Å²) in [6.45, 7) is 3.99. The number of unbranched alkanes of at least 4 members (excludes halogenated alkanes) is 4. The third-order valence-electron chi connectivity index (χ3n) is 4.59. The lowest BCUT2D eigenvalue weighted by Crippen LogP contribution is -2.18. The first kappa shape index (κ1) is 23.1. The first-order valence-corrected chi connectivity index (χ1v) is 10.6. The Labute approximate surface area is 179 Å². The van der Waals surface area contributed by atoms with E-state index in [1.807, 2.05) is 49.4 Å². The average molecular weight is 406 g/mol. The molecule has 2 N–H and O–H groups in total. The molecule has 0 aliphatic carbocycles. The molecule has 0 aliphatic heterocycles. The summed E-state index contributed by atoms with van der Waals surface area (Å²) in [6, 6.07) is 16.7. The molecule has 2 rings (SSSR count). The van der Waals surface area contributed by atoms with Gasteiger partial charge in [-0.15, -0.1) is 0 Å². The van der Waals surface area contributed by atoms with Gasteiger partial charge in [0, 0.05) is 17.7 Å². The van der Waals surface area contributed by atoms with Crippen LogP contribution in [0.4, 0.5) is 5.69 Å². The number of carbonyl (C=O) groups is 2. The fraction of sp³-hybridized carbons (Fsp3) is 0.320. The number of hydrogen-bond donors (Lipinski definition) is 2. The first-order valence-electron chi connectivity index (χ1n) is 10.6. The zero-order valence-electron chi connectivity index (χ0n) is 17.9. The number of benzene rings is 2. The number of hydrazone groups is 1. The van der Waals surface area contributed by atoms with Gasteiger partial charge in [0.15, 0.2) is 0 Å². The Morgan fingerprint density at radius 3 is 2.33 bits per heavy atom. The van der Waals surface area contributed by atoms with Gasteiger partial charge >= 0.3 is 0 Å². The van der Waals surface area contributed by atoms with Crippen LogP contribution in [-0.2, 0) is 4.79 Å². The van der Waals surface area contributed by atoms with Crippen LogP contribution in [0.2, 0.25) is 0 Å². The lowest BCUT2D eigenvalue weighted by atomic mass is 10.1. The molecule has 5 nitrogen and oxygen atoms in total. The number of amides is 2. The third-order valence-corrected chi connectivity index (χ3v) is 4.59. The standard InChI is InChI=1S/C25H31N3O2/c1-3-4-5-6-10-13-24(29)26-23-18-16-22(17-19-23)25(30)28-27-20(2)14-15-21-11-8-7-9-12-21/h7-9,11-12,14-19H,3-6,10,13H2,1-2H3,(H,26,29)(H,28,30)/b15-14+,27-20-. The van der Waals surface area contributed by atoms with Crippen molar-refractivity contribution in [3.05, 3.63) is 71.8 Å². The van der Waals surface area contributed by atoms with E-state index in [2.05, 4.69) is 22.8 Å². The zero-order chi connectivity index (χ0) is 21.6. The largest absolute Gasteiger partial charge is 0.326 e. The summed E-state index contributed by atoms with van der Waals surface area (Å²) in [5, 5.41) is 6.98. The molecule has 0 spiro atoms. The maximum Gasteiger partial charge on any atom is 0.271 e. The lowest BCUT2D eigenvalue weighted by Gasteiger charge is -2.06. The van der Waals surface area contributed by atoms with Gasteiger partial charge < -0.3 is 5.32 Å². The van der Waals surface area contributed by atoms with E-state index in [1.165, 1.54) is 19.3 Å². The van der Waals surface area contributed by atoms with Crippen LogP contribution in [-0.4, -0.2) is 17.5 Å². The van der Waals surface area contributed by atoms with E-state index >= 15 is 0 Å². The highest BCUT2D eigenvalue weighted by molar-refractivity contribution is 5.99. The summed E-state index contributed by atoms with van der Waals surface area (Å²) in [7, 11) is 0. The molecule has 5 heteroatoms. The molecule has 30 heavy (non-hydrogen) atoms. The van der Waals surface area contributed by atoms with Crippen LogP contribution in [0.5, 0.6) is 0 Å². The summed E-state index contributed by atoms with van der Waals surface area (Å²) in [5.41, 5.74) is 5.48. The molecule has 2 aromatic rings. The normalized spacial score (nSPS) is 11.5.